The molecule has 0 unspecified atom stereocenters. The molecule has 0 saturated heterocycles. The normalized spacial score (nSPS) is 10.9. The van der Waals surface area contributed by atoms with Crippen molar-refractivity contribution in [1.82, 2.24) is 9.97 Å². The fraction of sp³-hybridized carbons (Fsp3) is 0. The Labute approximate surface area is 83.5 Å². The van der Waals surface area contributed by atoms with Crippen molar-refractivity contribution in [3.63, 3.8) is 0 Å². The zero-order valence-electron chi connectivity index (χ0n) is 5.74. The number of nitrogens with one attached hydrogen (secondary N) is 1. The first kappa shape index (κ1) is 8.17. The summed E-state index contributed by atoms with van der Waals surface area (Å²) in [6.07, 6.45) is 0. The van der Waals surface area contributed by atoms with Gasteiger partial charge in [-0.1, -0.05) is 34.8 Å². The minimum absolute atomic E-state index is 0.292. The van der Waals surface area contributed by atoms with E-state index in [-0.39, 0.29) is 0 Å². The number of H-pyrrole nitrogens is 1. The maximum absolute atomic E-state index is 5.74. The molecule has 0 radical (unpaired) electrons. The van der Waals surface area contributed by atoms with Crippen LogP contribution in [0.1, 0.15) is 0 Å². The molecule has 2 nitrogen and oxygen atoms in total. The Morgan fingerprint density at radius 2 is 1.92 bits per heavy atom. The summed E-state index contributed by atoms with van der Waals surface area (Å²) in [7, 11) is 0. The fourth-order valence-corrected chi connectivity index (χ4v) is 1.48. The maximum atomic E-state index is 5.74. The van der Waals surface area contributed by atoms with Crippen LogP contribution in [0.25, 0.3) is 11.0 Å². The zero-order valence-corrected chi connectivity index (χ0v) is 8.00. The van der Waals surface area contributed by atoms with E-state index in [4.69, 9.17) is 34.8 Å². The minimum atomic E-state index is 0.292. The van der Waals surface area contributed by atoms with Crippen molar-refractivity contribution >= 4 is 45.8 Å². The lowest BCUT2D eigenvalue weighted by Crippen LogP contribution is -1.77. The molecule has 0 aliphatic heterocycles. The highest BCUT2D eigenvalue weighted by Gasteiger charge is 2.04. The third-order valence-corrected chi connectivity index (χ3v) is 2.36. The van der Waals surface area contributed by atoms with Crippen LogP contribution in [0.15, 0.2) is 12.1 Å². The van der Waals surface area contributed by atoms with E-state index in [1.54, 1.807) is 12.1 Å². The van der Waals surface area contributed by atoms with Gasteiger partial charge in [0, 0.05) is 6.07 Å². The van der Waals surface area contributed by atoms with Crippen molar-refractivity contribution < 1.29 is 0 Å². The van der Waals surface area contributed by atoms with Crippen LogP contribution in [0.5, 0.6) is 0 Å². The Balaban J connectivity index is 2.83. The summed E-state index contributed by atoms with van der Waals surface area (Å²) in [5.74, 6) is 0. The van der Waals surface area contributed by atoms with E-state index in [9.17, 15) is 0 Å². The highest BCUT2D eigenvalue weighted by atomic mass is 35.5. The summed E-state index contributed by atoms with van der Waals surface area (Å²) < 4.78 is 0. The van der Waals surface area contributed by atoms with Crippen LogP contribution in [-0.2, 0) is 0 Å². The topological polar surface area (TPSA) is 28.7 Å². The summed E-state index contributed by atoms with van der Waals surface area (Å²) in [6, 6.07) is 3.39. The number of nitrogens with zero attached hydrogens (tertiary/aromatic N) is 1. The summed E-state index contributed by atoms with van der Waals surface area (Å²) >= 11 is 17.1. The lowest BCUT2D eigenvalue weighted by molar-refractivity contribution is 1.40. The Morgan fingerprint density at radius 1 is 1.17 bits per heavy atom. The largest absolute Gasteiger partial charge is 0.344 e. The quantitative estimate of drug-likeness (QED) is 0.678. The van der Waals surface area contributed by atoms with Crippen molar-refractivity contribution in [2.75, 3.05) is 0 Å². The second-order valence-electron chi connectivity index (χ2n) is 2.31. The van der Waals surface area contributed by atoms with E-state index in [1.807, 2.05) is 0 Å². The number of aromatic amines is 1. The van der Waals surface area contributed by atoms with Crippen LogP contribution < -0.4 is 0 Å². The number of hydrogen-bond donors (Lipinski definition) is 1. The third-order valence-electron chi connectivity index (χ3n) is 1.48. The van der Waals surface area contributed by atoms with Crippen molar-refractivity contribution in [2.45, 2.75) is 0 Å². The highest BCUT2D eigenvalue weighted by molar-refractivity contribution is 6.41. The van der Waals surface area contributed by atoms with Gasteiger partial charge in [-0.05, 0) is 6.07 Å². The molecule has 0 fully saturated rings. The number of halogens is 3. The van der Waals surface area contributed by atoms with Crippen molar-refractivity contribution in [2.24, 2.45) is 0 Å². The van der Waals surface area contributed by atoms with Crippen LogP contribution in [0, 0.1) is 0 Å². The Hall–Kier alpha value is -0.440. The molecule has 12 heavy (non-hydrogen) atoms. The van der Waals surface area contributed by atoms with Gasteiger partial charge in [0.05, 0.1) is 16.1 Å². The first-order chi connectivity index (χ1) is 5.66. The lowest BCUT2D eigenvalue weighted by atomic mass is 10.4. The molecule has 62 valence electrons. The zero-order chi connectivity index (χ0) is 8.72. The average molecular weight is 221 g/mol. The first-order valence-electron chi connectivity index (χ1n) is 3.17. The van der Waals surface area contributed by atoms with E-state index in [0.717, 1.165) is 11.0 Å². The van der Waals surface area contributed by atoms with Gasteiger partial charge in [-0.25, -0.2) is 4.98 Å². The van der Waals surface area contributed by atoms with Crippen LogP contribution in [0.3, 0.4) is 0 Å². The summed E-state index contributed by atoms with van der Waals surface area (Å²) in [6.45, 7) is 0. The van der Waals surface area contributed by atoms with Gasteiger partial charge in [0.25, 0.3) is 0 Å². The molecular formula is C7H3Cl3N2. The molecule has 1 N–H and O–H groups in total. The molecule has 0 aromatic carbocycles. The molecule has 2 aromatic heterocycles. The molecule has 0 spiro atoms. The van der Waals surface area contributed by atoms with Crippen LogP contribution in [0.2, 0.25) is 15.3 Å². The van der Waals surface area contributed by atoms with E-state index in [1.165, 1.54) is 0 Å². The van der Waals surface area contributed by atoms with Crippen molar-refractivity contribution in [1.29, 1.82) is 0 Å². The molecule has 0 bridgehead atoms. The summed E-state index contributed by atoms with van der Waals surface area (Å²) in [5.41, 5.74) is 1.50. The van der Waals surface area contributed by atoms with Crippen molar-refractivity contribution in [3.05, 3.63) is 27.5 Å². The van der Waals surface area contributed by atoms with E-state index < -0.39 is 0 Å². The molecule has 2 rings (SSSR count). The number of hydrogen-bond acceptors (Lipinski definition) is 1. The Bertz CT molecular complexity index is 396. The SMILES string of the molecule is Clc1cc2nc(Cl)c(Cl)cc2[nH]1. The summed E-state index contributed by atoms with van der Waals surface area (Å²) in [4.78, 5) is 6.90. The molecule has 5 heteroatoms. The van der Waals surface area contributed by atoms with Gasteiger partial charge in [-0.3, -0.25) is 0 Å². The van der Waals surface area contributed by atoms with Crippen LogP contribution >= 0.6 is 34.8 Å². The lowest BCUT2D eigenvalue weighted by Gasteiger charge is -1.93. The third kappa shape index (κ3) is 1.26. The van der Waals surface area contributed by atoms with Gasteiger partial charge in [-0.15, -0.1) is 0 Å². The van der Waals surface area contributed by atoms with Crippen LogP contribution in [-0.4, -0.2) is 9.97 Å². The van der Waals surface area contributed by atoms with Crippen LogP contribution in [0.4, 0.5) is 0 Å². The number of aromatic nitrogens is 2. The predicted octanol–water partition coefficient (Wildman–Crippen LogP) is 3.52. The molecule has 2 aromatic rings. The molecule has 0 atom stereocenters. The van der Waals surface area contributed by atoms with Gasteiger partial charge in [0.1, 0.15) is 10.3 Å². The molecule has 0 amide bonds. The Morgan fingerprint density at radius 3 is 2.67 bits per heavy atom. The van der Waals surface area contributed by atoms with Gasteiger partial charge in [0.2, 0.25) is 0 Å². The minimum Gasteiger partial charge on any atom is -0.344 e. The predicted molar refractivity (Wildman–Crippen MR) is 51.1 cm³/mol. The fourth-order valence-electron chi connectivity index (χ4n) is 0.975. The van der Waals surface area contributed by atoms with E-state index >= 15 is 0 Å². The Kier molecular flexibility index (Phi) is 1.91. The standard InChI is InChI=1S/C7H3Cl3N2/c8-3-1-4-5(12-7(3)10)2-6(9)11-4/h1-2,11H. The molecule has 0 aliphatic carbocycles. The van der Waals surface area contributed by atoms with Crippen molar-refractivity contribution in [3.8, 4) is 0 Å². The number of pyridine rings is 1. The molecule has 0 aliphatic rings. The maximum Gasteiger partial charge on any atom is 0.148 e. The van der Waals surface area contributed by atoms with Gasteiger partial charge in [0.15, 0.2) is 0 Å². The second kappa shape index (κ2) is 2.80. The van der Waals surface area contributed by atoms with Gasteiger partial charge >= 0.3 is 0 Å². The van der Waals surface area contributed by atoms with Gasteiger partial charge < -0.3 is 4.98 Å². The number of fused-ring (bicyclic) bond motifs is 1. The monoisotopic (exact) mass is 220 g/mol. The molecule has 2 heterocycles. The molecule has 0 saturated carbocycles. The molecular weight excluding hydrogens is 218 g/mol. The van der Waals surface area contributed by atoms with E-state index in [2.05, 4.69) is 9.97 Å². The first-order valence-corrected chi connectivity index (χ1v) is 4.30. The average Bonchev–Trinajstić information content (AvgIpc) is 2.30. The number of rotatable bonds is 0. The van der Waals surface area contributed by atoms with Gasteiger partial charge in [-0.2, -0.15) is 0 Å². The smallest absolute Gasteiger partial charge is 0.148 e. The second-order valence-corrected chi connectivity index (χ2v) is 3.48. The van der Waals surface area contributed by atoms with E-state index in [0.29, 0.717) is 15.3 Å². The summed E-state index contributed by atoms with van der Waals surface area (Å²) in [5, 5.41) is 1.23. The highest BCUT2D eigenvalue weighted by Crippen LogP contribution is 2.25.